The second-order valence-electron chi connectivity index (χ2n) is 4.51. The van der Waals surface area contributed by atoms with Gasteiger partial charge in [-0.2, -0.15) is 0 Å². The van der Waals surface area contributed by atoms with E-state index in [2.05, 4.69) is 9.97 Å². The van der Waals surface area contributed by atoms with Crippen molar-refractivity contribution in [1.82, 2.24) is 14.4 Å². The summed E-state index contributed by atoms with van der Waals surface area (Å²) >= 11 is 0. The van der Waals surface area contributed by atoms with E-state index in [9.17, 15) is 0 Å². The minimum atomic E-state index is 0.585. The van der Waals surface area contributed by atoms with Gasteiger partial charge in [0, 0.05) is 29.9 Å². The van der Waals surface area contributed by atoms with Gasteiger partial charge in [0.1, 0.15) is 17.7 Å². The zero-order chi connectivity index (χ0) is 13.9. The van der Waals surface area contributed by atoms with E-state index >= 15 is 0 Å². The van der Waals surface area contributed by atoms with Gasteiger partial charge in [-0.05, 0) is 12.6 Å². The first-order valence-corrected chi connectivity index (χ1v) is 6.48. The molecule has 2 heterocycles. The normalized spacial score (nSPS) is 10.9. The van der Waals surface area contributed by atoms with Crippen molar-refractivity contribution in [2.45, 2.75) is 6.42 Å². The zero-order valence-corrected chi connectivity index (χ0v) is 11.3. The molecule has 0 spiro atoms. The highest BCUT2D eigenvalue weighted by Gasteiger charge is 2.12. The van der Waals surface area contributed by atoms with Crippen molar-refractivity contribution in [2.24, 2.45) is 5.73 Å². The highest BCUT2D eigenvalue weighted by Crippen LogP contribution is 2.31. The van der Waals surface area contributed by atoms with Gasteiger partial charge in [0.05, 0.1) is 12.8 Å². The molecule has 0 unspecified atom stereocenters. The standard InChI is InChI=1S/C15H16N4O/c1-20-14-5-3-2-4-12(14)13-8-17-10-19-9-11(6-7-16)18-15(13)19/h2-5,8-10H,6-7,16H2,1H3. The van der Waals surface area contributed by atoms with Crippen LogP contribution in [0.5, 0.6) is 5.75 Å². The number of para-hydroxylation sites is 1. The molecule has 0 aliphatic carbocycles. The van der Waals surface area contributed by atoms with Gasteiger partial charge in [0.25, 0.3) is 0 Å². The average molecular weight is 268 g/mol. The molecule has 20 heavy (non-hydrogen) atoms. The van der Waals surface area contributed by atoms with E-state index in [0.29, 0.717) is 6.54 Å². The summed E-state index contributed by atoms with van der Waals surface area (Å²) in [5.74, 6) is 0.811. The third-order valence-corrected chi connectivity index (χ3v) is 3.22. The molecule has 3 aromatic rings. The fraction of sp³-hybridized carbons (Fsp3) is 0.200. The van der Waals surface area contributed by atoms with Gasteiger partial charge in [-0.3, -0.25) is 4.40 Å². The molecule has 0 aliphatic heterocycles. The van der Waals surface area contributed by atoms with Crippen LogP contribution in [0.15, 0.2) is 43.0 Å². The fourth-order valence-electron chi connectivity index (χ4n) is 2.29. The predicted octanol–water partition coefficient (Wildman–Crippen LogP) is 1.91. The molecular weight excluding hydrogens is 252 g/mol. The molecule has 3 rings (SSSR count). The van der Waals surface area contributed by atoms with Gasteiger partial charge < -0.3 is 10.5 Å². The summed E-state index contributed by atoms with van der Waals surface area (Å²) in [6, 6.07) is 7.86. The molecule has 0 radical (unpaired) electrons. The predicted molar refractivity (Wildman–Crippen MR) is 77.7 cm³/mol. The van der Waals surface area contributed by atoms with Gasteiger partial charge in [-0.25, -0.2) is 9.97 Å². The van der Waals surface area contributed by atoms with Crippen molar-refractivity contribution in [3.63, 3.8) is 0 Å². The lowest BCUT2D eigenvalue weighted by Crippen LogP contribution is -2.02. The molecule has 0 saturated heterocycles. The maximum atomic E-state index is 5.59. The van der Waals surface area contributed by atoms with Crippen molar-refractivity contribution < 1.29 is 4.74 Å². The second kappa shape index (κ2) is 5.30. The van der Waals surface area contributed by atoms with E-state index in [0.717, 1.165) is 34.6 Å². The SMILES string of the molecule is COc1ccccc1-c1cncn2cc(CCN)nc12. The molecule has 102 valence electrons. The number of hydrogen-bond donors (Lipinski definition) is 1. The number of rotatable bonds is 4. The van der Waals surface area contributed by atoms with E-state index in [1.54, 1.807) is 13.4 Å². The summed E-state index contributed by atoms with van der Waals surface area (Å²) in [5, 5.41) is 0. The number of aromatic nitrogens is 3. The number of nitrogens with two attached hydrogens (primary N) is 1. The first-order chi connectivity index (χ1) is 9.83. The van der Waals surface area contributed by atoms with Crippen molar-refractivity contribution >= 4 is 5.65 Å². The van der Waals surface area contributed by atoms with Crippen LogP contribution in [0.25, 0.3) is 16.8 Å². The summed E-state index contributed by atoms with van der Waals surface area (Å²) in [5.41, 5.74) is 9.37. The Morgan fingerprint density at radius 1 is 1.25 bits per heavy atom. The van der Waals surface area contributed by atoms with Crippen LogP contribution in [0, 0.1) is 0 Å². The number of fused-ring (bicyclic) bond motifs is 1. The molecule has 0 atom stereocenters. The van der Waals surface area contributed by atoms with Gasteiger partial charge in [0.2, 0.25) is 0 Å². The van der Waals surface area contributed by atoms with Crippen LogP contribution in [-0.2, 0) is 6.42 Å². The Hall–Kier alpha value is -2.40. The Bertz CT molecular complexity index is 736. The van der Waals surface area contributed by atoms with E-state index in [1.165, 1.54) is 0 Å². The fourth-order valence-corrected chi connectivity index (χ4v) is 2.29. The molecule has 0 fully saturated rings. The van der Waals surface area contributed by atoms with Crippen molar-refractivity contribution in [1.29, 1.82) is 0 Å². The number of methoxy groups -OCH3 is 1. The maximum absolute atomic E-state index is 5.59. The number of ether oxygens (including phenoxy) is 1. The first kappa shape index (κ1) is 12.6. The highest BCUT2D eigenvalue weighted by molar-refractivity contribution is 5.80. The smallest absolute Gasteiger partial charge is 0.147 e. The van der Waals surface area contributed by atoms with Crippen LogP contribution in [0.3, 0.4) is 0 Å². The van der Waals surface area contributed by atoms with Crippen molar-refractivity contribution in [3.8, 4) is 16.9 Å². The average Bonchev–Trinajstić information content (AvgIpc) is 2.90. The summed E-state index contributed by atoms with van der Waals surface area (Å²) in [6.07, 6.45) is 6.29. The molecule has 0 bridgehead atoms. The monoisotopic (exact) mass is 268 g/mol. The lowest BCUT2D eigenvalue weighted by molar-refractivity contribution is 0.416. The molecular formula is C15H16N4O. The van der Waals surface area contributed by atoms with Gasteiger partial charge in [0.15, 0.2) is 0 Å². The zero-order valence-electron chi connectivity index (χ0n) is 11.3. The Morgan fingerprint density at radius 2 is 2.10 bits per heavy atom. The number of nitrogens with zero attached hydrogens (tertiary/aromatic N) is 3. The van der Waals surface area contributed by atoms with Crippen LogP contribution in [0.2, 0.25) is 0 Å². The summed E-state index contributed by atoms with van der Waals surface area (Å²) in [7, 11) is 1.66. The largest absolute Gasteiger partial charge is 0.496 e. The molecule has 5 heteroatoms. The minimum Gasteiger partial charge on any atom is -0.496 e. The number of benzene rings is 1. The van der Waals surface area contributed by atoms with E-state index in [-0.39, 0.29) is 0 Å². The van der Waals surface area contributed by atoms with Crippen LogP contribution >= 0.6 is 0 Å². The van der Waals surface area contributed by atoms with E-state index in [1.807, 2.05) is 41.1 Å². The molecule has 0 aliphatic rings. The molecule has 0 amide bonds. The number of imidazole rings is 1. The summed E-state index contributed by atoms with van der Waals surface area (Å²) < 4.78 is 7.34. The number of hydrogen-bond acceptors (Lipinski definition) is 4. The molecule has 2 N–H and O–H groups in total. The van der Waals surface area contributed by atoms with E-state index in [4.69, 9.17) is 10.5 Å². The Labute approximate surface area is 117 Å². The van der Waals surface area contributed by atoms with Crippen molar-refractivity contribution in [2.75, 3.05) is 13.7 Å². The molecule has 0 saturated carbocycles. The third-order valence-electron chi connectivity index (χ3n) is 3.22. The summed E-state index contributed by atoms with van der Waals surface area (Å²) in [6.45, 7) is 0.585. The highest BCUT2D eigenvalue weighted by atomic mass is 16.5. The molecule has 1 aromatic carbocycles. The molecule has 2 aromatic heterocycles. The minimum absolute atomic E-state index is 0.585. The molecule has 5 nitrogen and oxygen atoms in total. The quantitative estimate of drug-likeness (QED) is 0.785. The maximum Gasteiger partial charge on any atom is 0.147 e. The lowest BCUT2D eigenvalue weighted by Gasteiger charge is -2.08. The van der Waals surface area contributed by atoms with Gasteiger partial charge in [-0.15, -0.1) is 0 Å². The van der Waals surface area contributed by atoms with E-state index < -0.39 is 0 Å². The Morgan fingerprint density at radius 3 is 2.90 bits per heavy atom. The Kier molecular flexibility index (Phi) is 3.35. The van der Waals surface area contributed by atoms with Gasteiger partial charge >= 0.3 is 0 Å². The lowest BCUT2D eigenvalue weighted by atomic mass is 10.1. The first-order valence-electron chi connectivity index (χ1n) is 6.48. The van der Waals surface area contributed by atoms with Crippen LogP contribution < -0.4 is 10.5 Å². The Balaban J connectivity index is 2.20. The van der Waals surface area contributed by atoms with Crippen molar-refractivity contribution in [3.05, 3.63) is 48.7 Å². The third kappa shape index (κ3) is 2.12. The van der Waals surface area contributed by atoms with Crippen LogP contribution in [-0.4, -0.2) is 28.0 Å². The van der Waals surface area contributed by atoms with Gasteiger partial charge in [-0.1, -0.05) is 18.2 Å². The topological polar surface area (TPSA) is 65.4 Å². The van der Waals surface area contributed by atoms with Crippen LogP contribution in [0.1, 0.15) is 5.69 Å². The second-order valence-corrected chi connectivity index (χ2v) is 4.51. The summed E-state index contributed by atoms with van der Waals surface area (Å²) in [4.78, 5) is 8.92. The van der Waals surface area contributed by atoms with Crippen LogP contribution in [0.4, 0.5) is 0 Å².